The Morgan fingerprint density at radius 2 is 2.37 bits per heavy atom. The molecule has 0 spiro atoms. The third-order valence-electron chi connectivity index (χ3n) is 3.34. The highest BCUT2D eigenvalue weighted by molar-refractivity contribution is 6.30. The van der Waals surface area contributed by atoms with Gasteiger partial charge in [0.05, 0.1) is 12.7 Å². The van der Waals surface area contributed by atoms with Crippen molar-refractivity contribution in [3.05, 3.63) is 28.8 Å². The Kier molecular flexibility index (Phi) is 5.45. The van der Waals surface area contributed by atoms with Gasteiger partial charge in [0.25, 0.3) is 0 Å². The maximum atomic E-state index is 9.65. The third-order valence-corrected chi connectivity index (χ3v) is 3.58. The zero-order valence-electron chi connectivity index (χ0n) is 11.2. The number of ether oxygens (including phenoxy) is 1. The van der Waals surface area contributed by atoms with Crippen molar-refractivity contribution in [1.82, 2.24) is 5.32 Å². The summed E-state index contributed by atoms with van der Waals surface area (Å²) in [5.41, 5.74) is 2.32. The summed E-state index contributed by atoms with van der Waals surface area (Å²) in [6.07, 6.45) is 0.615. The molecule has 1 unspecified atom stereocenters. The highest BCUT2D eigenvalue weighted by Crippen LogP contribution is 2.27. The molecule has 1 aromatic rings. The molecule has 1 fully saturated rings. The van der Waals surface area contributed by atoms with Crippen molar-refractivity contribution in [1.29, 1.82) is 0 Å². The van der Waals surface area contributed by atoms with Gasteiger partial charge in [-0.05, 0) is 30.2 Å². The zero-order chi connectivity index (χ0) is 13.7. The van der Waals surface area contributed by atoms with E-state index in [1.54, 1.807) is 7.11 Å². The number of nitrogens with one attached hydrogen (secondary N) is 1. The van der Waals surface area contributed by atoms with Gasteiger partial charge in [0, 0.05) is 44.0 Å². The molecule has 0 saturated carbocycles. The Hall–Kier alpha value is -0.810. The van der Waals surface area contributed by atoms with Gasteiger partial charge in [0.2, 0.25) is 0 Å². The second-order valence-corrected chi connectivity index (χ2v) is 5.27. The quantitative estimate of drug-likeness (QED) is 0.780. The molecule has 0 radical (unpaired) electrons. The van der Waals surface area contributed by atoms with Crippen LogP contribution in [0.3, 0.4) is 0 Å². The van der Waals surface area contributed by atoms with Gasteiger partial charge in [-0.15, -0.1) is 0 Å². The monoisotopic (exact) mass is 284 g/mol. The molecule has 0 amide bonds. The van der Waals surface area contributed by atoms with Gasteiger partial charge < -0.3 is 20.1 Å². The van der Waals surface area contributed by atoms with Crippen LogP contribution in [0.1, 0.15) is 12.0 Å². The van der Waals surface area contributed by atoms with E-state index in [2.05, 4.69) is 10.2 Å². The first-order valence-electron chi connectivity index (χ1n) is 6.62. The molecule has 2 N–H and O–H groups in total. The lowest BCUT2D eigenvalue weighted by molar-refractivity contribution is 0.198. The van der Waals surface area contributed by atoms with Crippen molar-refractivity contribution in [3.8, 4) is 0 Å². The average Bonchev–Trinajstić information content (AvgIpc) is 2.81. The highest BCUT2D eigenvalue weighted by atomic mass is 35.5. The summed E-state index contributed by atoms with van der Waals surface area (Å²) in [7, 11) is 1.69. The van der Waals surface area contributed by atoms with Crippen LogP contribution in [0.4, 0.5) is 5.69 Å². The number of hydrogen-bond donors (Lipinski definition) is 2. The summed E-state index contributed by atoms with van der Waals surface area (Å²) in [6, 6.07) is 5.93. The van der Waals surface area contributed by atoms with Crippen molar-refractivity contribution in [2.75, 3.05) is 38.3 Å². The molecule has 0 aromatic heterocycles. The fourth-order valence-corrected chi connectivity index (χ4v) is 2.56. The number of anilines is 1. The number of halogens is 1. The van der Waals surface area contributed by atoms with E-state index in [1.165, 1.54) is 0 Å². The van der Waals surface area contributed by atoms with Gasteiger partial charge in [0.1, 0.15) is 0 Å². The van der Waals surface area contributed by atoms with E-state index in [0.29, 0.717) is 13.2 Å². The molecule has 4 nitrogen and oxygen atoms in total. The number of hydrogen-bond acceptors (Lipinski definition) is 4. The second-order valence-electron chi connectivity index (χ2n) is 4.83. The second kappa shape index (κ2) is 7.10. The fraction of sp³-hybridized carbons (Fsp3) is 0.571. The minimum Gasteiger partial charge on any atom is -0.391 e. The summed E-state index contributed by atoms with van der Waals surface area (Å²) in [5.74, 6) is 0. The van der Waals surface area contributed by atoms with Crippen LogP contribution in [0.2, 0.25) is 5.02 Å². The number of nitrogens with zero attached hydrogens (tertiary/aromatic N) is 1. The molecule has 1 aromatic carbocycles. The molecular formula is C14H21ClN2O2. The summed E-state index contributed by atoms with van der Waals surface area (Å²) < 4.78 is 5.02. The normalized spacial score (nSPS) is 19.1. The zero-order valence-corrected chi connectivity index (χ0v) is 12.0. The van der Waals surface area contributed by atoms with Crippen molar-refractivity contribution in [3.63, 3.8) is 0 Å². The molecule has 0 aliphatic carbocycles. The van der Waals surface area contributed by atoms with E-state index in [4.69, 9.17) is 16.3 Å². The van der Waals surface area contributed by atoms with Crippen LogP contribution in [-0.2, 0) is 11.3 Å². The Bertz CT molecular complexity index is 414. The molecule has 106 valence electrons. The Labute approximate surface area is 119 Å². The molecule has 19 heavy (non-hydrogen) atoms. The smallest absolute Gasteiger partial charge is 0.0731 e. The van der Waals surface area contributed by atoms with Gasteiger partial charge in [-0.3, -0.25) is 0 Å². The van der Waals surface area contributed by atoms with Crippen molar-refractivity contribution < 1.29 is 9.84 Å². The van der Waals surface area contributed by atoms with E-state index < -0.39 is 0 Å². The lowest BCUT2D eigenvalue weighted by atomic mass is 10.1. The van der Waals surface area contributed by atoms with E-state index >= 15 is 0 Å². The van der Waals surface area contributed by atoms with E-state index in [0.717, 1.165) is 42.3 Å². The van der Waals surface area contributed by atoms with Crippen LogP contribution in [0.5, 0.6) is 0 Å². The molecule has 0 bridgehead atoms. The van der Waals surface area contributed by atoms with Crippen LogP contribution < -0.4 is 10.2 Å². The molecule has 1 aliphatic heterocycles. The first kappa shape index (κ1) is 14.6. The van der Waals surface area contributed by atoms with Gasteiger partial charge in [-0.1, -0.05) is 11.6 Å². The van der Waals surface area contributed by atoms with Crippen molar-refractivity contribution in [2.45, 2.75) is 19.1 Å². The maximum Gasteiger partial charge on any atom is 0.0731 e. The summed E-state index contributed by atoms with van der Waals surface area (Å²) in [5, 5.41) is 13.7. The van der Waals surface area contributed by atoms with E-state index in [9.17, 15) is 5.11 Å². The predicted molar refractivity (Wildman–Crippen MR) is 77.9 cm³/mol. The SMILES string of the molecule is COCCNCc1cc(Cl)ccc1N1CCC(O)C1. The maximum absolute atomic E-state index is 9.65. The summed E-state index contributed by atoms with van der Waals surface area (Å²) >= 11 is 6.07. The lowest BCUT2D eigenvalue weighted by Gasteiger charge is -2.22. The first-order chi connectivity index (χ1) is 9.20. The van der Waals surface area contributed by atoms with Gasteiger partial charge in [-0.25, -0.2) is 0 Å². The molecule has 5 heteroatoms. The molecule has 1 aliphatic rings. The molecular weight excluding hydrogens is 264 g/mol. The molecule has 1 saturated heterocycles. The predicted octanol–water partition coefficient (Wildman–Crippen LogP) is 1.65. The van der Waals surface area contributed by atoms with Gasteiger partial charge >= 0.3 is 0 Å². The summed E-state index contributed by atoms with van der Waals surface area (Å²) in [6.45, 7) is 3.86. The van der Waals surface area contributed by atoms with Crippen LogP contribution in [0.15, 0.2) is 18.2 Å². The number of aliphatic hydroxyl groups excluding tert-OH is 1. The van der Waals surface area contributed by atoms with Crippen LogP contribution in [-0.4, -0.2) is 44.6 Å². The lowest BCUT2D eigenvalue weighted by Crippen LogP contribution is -2.25. The standard InChI is InChI=1S/C14H21ClN2O2/c1-19-7-5-16-9-11-8-12(15)2-3-14(11)17-6-4-13(18)10-17/h2-3,8,13,16,18H,4-7,9-10H2,1H3. The first-order valence-corrected chi connectivity index (χ1v) is 6.99. The largest absolute Gasteiger partial charge is 0.391 e. The number of aliphatic hydroxyl groups is 1. The summed E-state index contributed by atoms with van der Waals surface area (Å²) in [4.78, 5) is 2.22. The molecule has 2 rings (SSSR count). The number of methoxy groups -OCH3 is 1. The Balaban J connectivity index is 2.04. The Morgan fingerprint density at radius 3 is 3.05 bits per heavy atom. The van der Waals surface area contributed by atoms with Gasteiger partial charge in [-0.2, -0.15) is 0 Å². The highest BCUT2D eigenvalue weighted by Gasteiger charge is 2.22. The molecule has 1 atom stereocenters. The van der Waals surface area contributed by atoms with Gasteiger partial charge in [0.15, 0.2) is 0 Å². The average molecular weight is 285 g/mol. The minimum absolute atomic E-state index is 0.218. The Morgan fingerprint density at radius 1 is 1.53 bits per heavy atom. The number of β-amino-alcohol motifs (C(OH)–C–C–N with tert-alkyl or cyclic N) is 1. The topological polar surface area (TPSA) is 44.7 Å². The van der Waals surface area contributed by atoms with E-state index in [1.807, 2.05) is 18.2 Å². The number of benzene rings is 1. The minimum atomic E-state index is -0.218. The van der Waals surface area contributed by atoms with Crippen LogP contribution in [0.25, 0.3) is 0 Å². The van der Waals surface area contributed by atoms with E-state index in [-0.39, 0.29) is 6.10 Å². The number of rotatable bonds is 6. The fourth-order valence-electron chi connectivity index (χ4n) is 2.36. The third kappa shape index (κ3) is 4.08. The van der Waals surface area contributed by atoms with Crippen molar-refractivity contribution >= 4 is 17.3 Å². The van der Waals surface area contributed by atoms with Crippen LogP contribution >= 0.6 is 11.6 Å². The van der Waals surface area contributed by atoms with Crippen LogP contribution in [0, 0.1) is 0 Å². The van der Waals surface area contributed by atoms with Crippen molar-refractivity contribution in [2.24, 2.45) is 0 Å². The molecule has 1 heterocycles.